The van der Waals surface area contributed by atoms with Gasteiger partial charge in [0.15, 0.2) is 0 Å². The summed E-state index contributed by atoms with van der Waals surface area (Å²) < 4.78 is 14.1. The van der Waals surface area contributed by atoms with E-state index in [0.717, 1.165) is 24.3 Å². The average Bonchev–Trinajstić information content (AvgIpc) is 2.45. The zero-order valence-corrected chi connectivity index (χ0v) is 12.7. The van der Waals surface area contributed by atoms with Crippen molar-refractivity contribution in [2.24, 2.45) is 11.7 Å². The van der Waals surface area contributed by atoms with Gasteiger partial charge in [-0.15, -0.1) is 0 Å². The van der Waals surface area contributed by atoms with Crippen LogP contribution in [0.1, 0.15) is 18.1 Å². The molecule has 0 aliphatic carbocycles. The molecular formula is C17H17FN2S. The highest BCUT2D eigenvalue weighted by molar-refractivity contribution is 7.80. The van der Waals surface area contributed by atoms with Gasteiger partial charge >= 0.3 is 0 Å². The van der Waals surface area contributed by atoms with E-state index in [4.69, 9.17) is 18.0 Å². The van der Waals surface area contributed by atoms with Gasteiger partial charge in [-0.2, -0.15) is 0 Å². The Hall–Kier alpha value is -1.94. The maximum atomic E-state index is 14.1. The second kappa shape index (κ2) is 5.45. The van der Waals surface area contributed by atoms with Gasteiger partial charge in [-0.05, 0) is 36.1 Å². The lowest BCUT2D eigenvalue weighted by atomic mass is 9.93. The van der Waals surface area contributed by atoms with Crippen LogP contribution in [0.15, 0.2) is 42.5 Å². The molecule has 0 radical (unpaired) electrons. The average molecular weight is 300 g/mol. The molecule has 2 N–H and O–H groups in total. The molecule has 1 atom stereocenters. The molecule has 3 rings (SSSR count). The van der Waals surface area contributed by atoms with Gasteiger partial charge in [-0.25, -0.2) is 4.39 Å². The van der Waals surface area contributed by atoms with E-state index < -0.39 is 0 Å². The van der Waals surface area contributed by atoms with Crippen LogP contribution in [0.2, 0.25) is 0 Å². The van der Waals surface area contributed by atoms with Gasteiger partial charge in [-0.1, -0.05) is 43.4 Å². The normalized spacial score (nSPS) is 17.4. The Kier molecular flexibility index (Phi) is 3.64. The number of rotatable bonds is 2. The molecule has 0 spiro atoms. The first kappa shape index (κ1) is 14.0. The van der Waals surface area contributed by atoms with Gasteiger partial charge in [0.1, 0.15) is 10.8 Å². The van der Waals surface area contributed by atoms with E-state index in [0.29, 0.717) is 11.5 Å². The van der Waals surface area contributed by atoms with Gasteiger partial charge < -0.3 is 10.6 Å². The second-order valence-corrected chi connectivity index (χ2v) is 5.99. The van der Waals surface area contributed by atoms with E-state index in [1.54, 1.807) is 6.07 Å². The number of nitrogens with two attached hydrogens (primary N) is 1. The Bertz CT molecular complexity index is 699. The number of thiocarbonyl (C=S) groups is 1. The lowest BCUT2D eigenvalue weighted by Gasteiger charge is -2.36. The third-order valence-electron chi connectivity index (χ3n) is 3.87. The maximum Gasteiger partial charge on any atom is 0.135 e. The molecule has 2 aromatic carbocycles. The number of hydrogen-bond acceptors (Lipinski definition) is 2. The van der Waals surface area contributed by atoms with E-state index in [1.807, 2.05) is 18.2 Å². The van der Waals surface area contributed by atoms with E-state index >= 15 is 0 Å². The van der Waals surface area contributed by atoms with Crippen molar-refractivity contribution >= 4 is 28.6 Å². The minimum absolute atomic E-state index is 0.0961. The van der Waals surface area contributed by atoms with Gasteiger partial charge in [0.2, 0.25) is 0 Å². The molecule has 1 unspecified atom stereocenters. The third-order valence-corrected chi connectivity index (χ3v) is 4.08. The smallest absolute Gasteiger partial charge is 0.135 e. The van der Waals surface area contributed by atoms with Crippen LogP contribution in [0.3, 0.4) is 0 Å². The van der Waals surface area contributed by atoms with E-state index in [1.165, 1.54) is 11.6 Å². The van der Waals surface area contributed by atoms with Gasteiger partial charge in [0, 0.05) is 12.2 Å². The number of nitrogens with zero attached hydrogens (tertiary/aromatic N) is 1. The number of benzene rings is 2. The Morgan fingerprint density at radius 1 is 1.19 bits per heavy atom. The fraction of sp³-hybridized carbons (Fsp3) is 0.235. The highest BCUT2D eigenvalue weighted by Gasteiger charge is 2.25. The molecule has 4 heteroatoms. The van der Waals surface area contributed by atoms with E-state index in [2.05, 4.69) is 24.0 Å². The van der Waals surface area contributed by atoms with Crippen LogP contribution in [-0.4, -0.2) is 11.5 Å². The summed E-state index contributed by atoms with van der Waals surface area (Å²) in [5.74, 6) is 0.123. The molecule has 0 saturated carbocycles. The standard InChI is InChI=1S/C17H17FN2S/c1-11-9-12-5-2-3-7-14(12)20(10-11)15-8-4-6-13(18)16(15)17(19)21/h2-8,11H,9-10H2,1H3,(H2,19,21). The van der Waals surface area contributed by atoms with Crippen molar-refractivity contribution in [2.75, 3.05) is 11.4 Å². The van der Waals surface area contributed by atoms with Crippen LogP contribution in [0, 0.1) is 11.7 Å². The molecule has 0 amide bonds. The number of hydrogen-bond donors (Lipinski definition) is 1. The monoisotopic (exact) mass is 300 g/mol. The molecular weight excluding hydrogens is 283 g/mol. The molecule has 1 heterocycles. The highest BCUT2D eigenvalue weighted by atomic mass is 32.1. The first-order valence-corrected chi connectivity index (χ1v) is 7.42. The molecule has 1 aliphatic heterocycles. The third kappa shape index (κ3) is 2.51. The van der Waals surface area contributed by atoms with Gasteiger partial charge in [0.25, 0.3) is 0 Å². The summed E-state index contributed by atoms with van der Waals surface area (Å²) in [5.41, 5.74) is 9.21. The van der Waals surface area contributed by atoms with Crippen LogP contribution < -0.4 is 10.6 Å². The Morgan fingerprint density at radius 2 is 1.90 bits per heavy atom. The lowest BCUT2D eigenvalue weighted by molar-refractivity contribution is 0.560. The summed E-state index contributed by atoms with van der Waals surface area (Å²) in [6, 6.07) is 13.2. The Balaban J connectivity index is 2.18. The van der Waals surface area contributed by atoms with Gasteiger partial charge in [0.05, 0.1) is 11.3 Å². The zero-order valence-electron chi connectivity index (χ0n) is 11.8. The number of para-hydroxylation sites is 1. The van der Waals surface area contributed by atoms with Crippen LogP contribution in [0.4, 0.5) is 15.8 Å². The van der Waals surface area contributed by atoms with Crippen molar-refractivity contribution in [3.63, 3.8) is 0 Å². The number of halogens is 1. The van der Waals surface area contributed by atoms with Gasteiger partial charge in [-0.3, -0.25) is 0 Å². The summed E-state index contributed by atoms with van der Waals surface area (Å²) in [6.07, 6.45) is 1.03. The number of fused-ring (bicyclic) bond motifs is 1. The van der Waals surface area contributed by atoms with Crippen LogP contribution in [0.5, 0.6) is 0 Å². The molecule has 108 valence electrons. The minimum Gasteiger partial charge on any atom is -0.389 e. The molecule has 2 nitrogen and oxygen atoms in total. The van der Waals surface area contributed by atoms with Crippen molar-refractivity contribution in [3.8, 4) is 0 Å². The summed E-state index contributed by atoms with van der Waals surface area (Å²) in [6.45, 7) is 3.03. The molecule has 0 fully saturated rings. The van der Waals surface area contributed by atoms with Crippen molar-refractivity contribution in [1.29, 1.82) is 0 Å². The van der Waals surface area contributed by atoms with Crippen molar-refractivity contribution in [2.45, 2.75) is 13.3 Å². The van der Waals surface area contributed by atoms with Crippen LogP contribution in [0.25, 0.3) is 0 Å². The fourth-order valence-electron chi connectivity index (χ4n) is 3.01. The quantitative estimate of drug-likeness (QED) is 0.856. The maximum absolute atomic E-state index is 14.1. The van der Waals surface area contributed by atoms with Crippen LogP contribution in [-0.2, 0) is 6.42 Å². The van der Waals surface area contributed by atoms with E-state index in [-0.39, 0.29) is 10.8 Å². The molecule has 0 aromatic heterocycles. The molecule has 21 heavy (non-hydrogen) atoms. The zero-order chi connectivity index (χ0) is 15.0. The highest BCUT2D eigenvalue weighted by Crippen LogP contribution is 2.37. The van der Waals surface area contributed by atoms with Crippen molar-refractivity contribution in [1.82, 2.24) is 0 Å². The summed E-state index contributed by atoms with van der Waals surface area (Å²) in [4.78, 5) is 2.22. The predicted molar refractivity (Wildman–Crippen MR) is 88.6 cm³/mol. The molecule has 0 bridgehead atoms. The second-order valence-electron chi connectivity index (χ2n) is 5.55. The molecule has 0 saturated heterocycles. The van der Waals surface area contributed by atoms with Crippen molar-refractivity contribution in [3.05, 3.63) is 59.4 Å². The predicted octanol–water partition coefficient (Wildman–Crippen LogP) is 3.79. The minimum atomic E-state index is -0.365. The Morgan fingerprint density at radius 3 is 2.67 bits per heavy atom. The summed E-state index contributed by atoms with van der Waals surface area (Å²) >= 11 is 5.05. The first-order valence-electron chi connectivity index (χ1n) is 7.01. The summed E-state index contributed by atoms with van der Waals surface area (Å²) in [7, 11) is 0. The molecule has 1 aliphatic rings. The Labute approximate surface area is 129 Å². The topological polar surface area (TPSA) is 29.3 Å². The molecule has 2 aromatic rings. The lowest BCUT2D eigenvalue weighted by Crippen LogP contribution is -2.32. The largest absolute Gasteiger partial charge is 0.389 e. The fourth-order valence-corrected chi connectivity index (χ4v) is 3.21. The SMILES string of the molecule is CC1Cc2ccccc2N(c2cccc(F)c2C(N)=S)C1. The van der Waals surface area contributed by atoms with Crippen LogP contribution >= 0.6 is 12.2 Å². The first-order chi connectivity index (χ1) is 10.1. The summed E-state index contributed by atoms with van der Waals surface area (Å²) in [5, 5.41) is 0. The number of anilines is 2. The van der Waals surface area contributed by atoms with E-state index in [9.17, 15) is 4.39 Å². The van der Waals surface area contributed by atoms with Crippen molar-refractivity contribution < 1.29 is 4.39 Å².